The molecule has 0 amide bonds. The molecular weight excluding hydrogens is 308 g/mol. The quantitative estimate of drug-likeness (QED) is 0.846. The molecule has 1 aromatic carbocycles. The molecule has 1 fully saturated rings. The van der Waals surface area contributed by atoms with Crippen LogP contribution in [0.4, 0.5) is 0 Å². The number of hydrogen-bond donors (Lipinski definition) is 1. The number of hydrogen-bond acceptors (Lipinski definition) is 3. The number of benzene rings is 1. The van der Waals surface area contributed by atoms with Gasteiger partial charge in [-0.15, -0.1) is 0 Å². The van der Waals surface area contributed by atoms with Crippen molar-refractivity contribution >= 4 is 21.6 Å². The van der Waals surface area contributed by atoms with Crippen LogP contribution in [-0.2, 0) is 16.6 Å². The van der Waals surface area contributed by atoms with E-state index in [4.69, 9.17) is 11.6 Å². The molecule has 1 heterocycles. The average Bonchev–Trinajstić information content (AvgIpc) is 3.31. The fourth-order valence-electron chi connectivity index (χ4n) is 2.36. The highest BCUT2D eigenvalue weighted by Crippen LogP contribution is 2.25. The van der Waals surface area contributed by atoms with Crippen LogP contribution in [0, 0.1) is 0 Å². The largest absolute Gasteiger partial charge is 0.310 e. The maximum atomic E-state index is 12.5. The zero-order valence-corrected chi connectivity index (χ0v) is 13.3. The summed E-state index contributed by atoms with van der Waals surface area (Å²) in [5.41, 5.74) is 0.945. The normalized spacial score (nSPS) is 19.9. The van der Waals surface area contributed by atoms with Gasteiger partial charge in [0, 0.05) is 30.7 Å². The van der Waals surface area contributed by atoms with Crippen molar-refractivity contribution in [1.82, 2.24) is 9.62 Å². The van der Waals surface area contributed by atoms with Crippen LogP contribution in [0.3, 0.4) is 0 Å². The molecule has 1 aliphatic heterocycles. The van der Waals surface area contributed by atoms with Gasteiger partial charge in [0.05, 0.1) is 4.90 Å². The van der Waals surface area contributed by atoms with Crippen molar-refractivity contribution in [3.8, 4) is 0 Å². The fourth-order valence-corrected chi connectivity index (χ4v) is 4.11. The Balaban J connectivity index is 1.78. The number of rotatable bonds is 5. The van der Waals surface area contributed by atoms with Crippen molar-refractivity contribution in [1.29, 1.82) is 0 Å². The Bertz CT molecular complexity index is 654. The van der Waals surface area contributed by atoms with Gasteiger partial charge in [0.1, 0.15) is 0 Å². The van der Waals surface area contributed by atoms with E-state index >= 15 is 0 Å². The summed E-state index contributed by atoms with van der Waals surface area (Å²) in [6.45, 7) is 1.66. The van der Waals surface area contributed by atoms with Crippen LogP contribution in [-0.4, -0.2) is 31.9 Å². The fraction of sp³-hybridized carbons (Fsp3) is 0.467. The first-order valence-electron chi connectivity index (χ1n) is 7.24. The molecule has 1 N–H and O–H groups in total. The van der Waals surface area contributed by atoms with Crippen LogP contribution in [0.25, 0.3) is 0 Å². The molecular formula is C15H19ClN2O2S. The Labute approximate surface area is 130 Å². The van der Waals surface area contributed by atoms with Gasteiger partial charge >= 0.3 is 0 Å². The van der Waals surface area contributed by atoms with Gasteiger partial charge in [-0.1, -0.05) is 29.8 Å². The van der Waals surface area contributed by atoms with Crippen molar-refractivity contribution in [3.05, 3.63) is 40.9 Å². The van der Waals surface area contributed by atoms with Gasteiger partial charge < -0.3 is 5.32 Å². The van der Waals surface area contributed by atoms with E-state index in [1.165, 1.54) is 17.1 Å². The molecule has 1 aromatic rings. The van der Waals surface area contributed by atoms with Crippen LogP contribution in [0.2, 0.25) is 5.02 Å². The summed E-state index contributed by atoms with van der Waals surface area (Å²) >= 11 is 6.24. The summed E-state index contributed by atoms with van der Waals surface area (Å²) in [6, 6.07) is 5.64. The Morgan fingerprint density at radius 1 is 1.29 bits per heavy atom. The lowest BCUT2D eigenvalue weighted by Crippen LogP contribution is -2.33. The third-order valence-electron chi connectivity index (χ3n) is 3.84. The van der Waals surface area contributed by atoms with Crippen LogP contribution < -0.4 is 5.32 Å². The predicted octanol–water partition coefficient (Wildman–Crippen LogP) is 2.54. The molecule has 1 aliphatic carbocycles. The van der Waals surface area contributed by atoms with Crippen LogP contribution in [0.15, 0.2) is 35.2 Å². The molecule has 0 radical (unpaired) electrons. The highest BCUT2D eigenvalue weighted by Gasteiger charge is 2.25. The van der Waals surface area contributed by atoms with Crippen LogP contribution >= 0.6 is 11.6 Å². The molecule has 114 valence electrons. The number of nitrogens with one attached hydrogen (secondary N) is 1. The minimum absolute atomic E-state index is 0.276. The number of halogens is 1. The topological polar surface area (TPSA) is 49.4 Å². The summed E-state index contributed by atoms with van der Waals surface area (Å²) in [5.74, 6) is 0. The second-order valence-corrected chi connectivity index (χ2v) is 7.88. The lowest BCUT2D eigenvalue weighted by Gasteiger charge is -2.23. The van der Waals surface area contributed by atoms with E-state index in [0.717, 1.165) is 12.0 Å². The molecule has 2 aliphatic rings. The Morgan fingerprint density at radius 3 is 2.71 bits per heavy atom. The number of sulfonamides is 1. The van der Waals surface area contributed by atoms with Crippen LogP contribution in [0.1, 0.15) is 24.8 Å². The van der Waals surface area contributed by atoms with Crippen molar-refractivity contribution in [2.24, 2.45) is 0 Å². The molecule has 4 nitrogen and oxygen atoms in total. The number of nitrogens with zero attached hydrogens (tertiary/aromatic N) is 1. The predicted molar refractivity (Wildman–Crippen MR) is 83.8 cm³/mol. The summed E-state index contributed by atoms with van der Waals surface area (Å²) < 4.78 is 26.6. The first-order valence-corrected chi connectivity index (χ1v) is 9.06. The lowest BCUT2D eigenvalue weighted by molar-refractivity contribution is 0.437. The van der Waals surface area contributed by atoms with Gasteiger partial charge in [-0.3, -0.25) is 0 Å². The van der Waals surface area contributed by atoms with E-state index in [9.17, 15) is 8.42 Å². The molecule has 3 rings (SSSR count). The second kappa shape index (κ2) is 6.08. The van der Waals surface area contributed by atoms with E-state index in [1.54, 1.807) is 12.1 Å². The third kappa shape index (κ3) is 3.48. The zero-order valence-electron chi connectivity index (χ0n) is 11.8. The van der Waals surface area contributed by atoms with Gasteiger partial charge in [0.15, 0.2) is 0 Å². The summed E-state index contributed by atoms with van der Waals surface area (Å²) in [7, 11) is -3.44. The molecule has 0 spiro atoms. The molecule has 0 unspecified atom stereocenters. The third-order valence-corrected chi connectivity index (χ3v) is 6.05. The van der Waals surface area contributed by atoms with Crippen molar-refractivity contribution in [3.63, 3.8) is 0 Å². The average molecular weight is 327 g/mol. The monoisotopic (exact) mass is 326 g/mol. The molecule has 1 saturated carbocycles. The molecule has 0 aromatic heterocycles. The summed E-state index contributed by atoms with van der Waals surface area (Å²) in [6.07, 6.45) is 7.08. The van der Waals surface area contributed by atoms with Crippen molar-refractivity contribution in [2.45, 2.75) is 36.7 Å². The summed E-state index contributed by atoms with van der Waals surface area (Å²) in [5, 5.41) is 3.89. The SMILES string of the molecule is O=S(=O)(c1ccc(CNC2CC2)c(Cl)c1)N1CC=CCC1. The van der Waals surface area contributed by atoms with Gasteiger partial charge in [-0.05, 0) is 37.0 Å². The minimum Gasteiger partial charge on any atom is -0.310 e. The summed E-state index contributed by atoms with van der Waals surface area (Å²) in [4.78, 5) is 0.276. The van der Waals surface area contributed by atoms with Gasteiger partial charge in [0.25, 0.3) is 0 Å². The first-order chi connectivity index (χ1) is 10.1. The lowest BCUT2D eigenvalue weighted by atomic mass is 10.2. The Morgan fingerprint density at radius 2 is 2.10 bits per heavy atom. The Hall–Kier alpha value is -0.880. The molecule has 21 heavy (non-hydrogen) atoms. The highest BCUT2D eigenvalue weighted by molar-refractivity contribution is 7.89. The molecule has 0 saturated heterocycles. The van der Waals surface area contributed by atoms with Gasteiger partial charge in [-0.2, -0.15) is 4.31 Å². The molecule has 0 atom stereocenters. The smallest absolute Gasteiger partial charge is 0.243 e. The molecule has 6 heteroatoms. The Kier molecular flexibility index (Phi) is 4.36. The van der Waals surface area contributed by atoms with Gasteiger partial charge in [-0.25, -0.2) is 8.42 Å². The van der Waals surface area contributed by atoms with Gasteiger partial charge in [0.2, 0.25) is 10.0 Å². The maximum absolute atomic E-state index is 12.5. The van der Waals surface area contributed by atoms with E-state index in [2.05, 4.69) is 5.32 Å². The van der Waals surface area contributed by atoms with E-state index in [1.807, 2.05) is 18.2 Å². The van der Waals surface area contributed by atoms with E-state index in [-0.39, 0.29) is 4.90 Å². The zero-order chi connectivity index (χ0) is 14.9. The highest BCUT2D eigenvalue weighted by atomic mass is 35.5. The van der Waals surface area contributed by atoms with E-state index < -0.39 is 10.0 Å². The standard InChI is InChI=1S/C15H19ClN2O2S/c16-15-10-14(7-4-12(15)11-17-13-5-6-13)21(19,20)18-8-2-1-3-9-18/h1-2,4,7,10,13,17H,3,5-6,8-9,11H2. The van der Waals surface area contributed by atoms with Crippen molar-refractivity contribution < 1.29 is 8.42 Å². The second-order valence-electron chi connectivity index (χ2n) is 5.53. The van der Waals surface area contributed by atoms with Crippen molar-refractivity contribution in [2.75, 3.05) is 13.1 Å². The maximum Gasteiger partial charge on any atom is 0.243 e. The minimum atomic E-state index is -3.44. The first kappa shape index (κ1) is 15.0. The molecule has 0 bridgehead atoms. The van der Waals surface area contributed by atoms with E-state index in [0.29, 0.717) is 30.7 Å². The van der Waals surface area contributed by atoms with Crippen LogP contribution in [0.5, 0.6) is 0 Å².